The molecule has 4 aliphatic carbocycles. The SMILES string of the molecule is C.CC12CCC3C(C(O)CC4CC(=O)CCC43C)C1CCC2CCO. The number of aliphatic hydroxyl groups excluding tert-OH is 2. The molecule has 0 amide bonds. The van der Waals surface area contributed by atoms with E-state index in [0.29, 0.717) is 53.8 Å². The molecule has 4 aliphatic rings. The highest BCUT2D eigenvalue weighted by Crippen LogP contribution is 2.67. The van der Waals surface area contributed by atoms with Gasteiger partial charge < -0.3 is 10.2 Å². The lowest BCUT2D eigenvalue weighted by atomic mass is 9.44. The largest absolute Gasteiger partial charge is 0.396 e. The second-order valence-electron chi connectivity index (χ2n) is 9.87. The highest BCUT2D eigenvalue weighted by Gasteiger charge is 2.62. The van der Waals surface area contributed by atoms with Gasteiger partial charge in [0.25, 0.3) is 0 Å². The van der Waals surface area contributed by atoms with Gasteiger partial charge in [0, 0.05) is 19.4 Å². The Balaban J connectivity index is 0.00000182. The van der Waals surface area contributed by atoms with Gasteiger partial charge in [-0.1, -0.05) is 21.3 Å². The third-order valence-corrected chi connectivity index (χ3v) is 9.17. The molecule has 0 aliphatic heterocycles. The molecule has 8 unspecified atom stereocenters. The summed E-state index contributed by atoms with van der Waals surface area (Å²) in [5, 5.41) is 20.5. The van der Waals surface area contributed by atoms with Gasteiger partial charge in [-0.05, 0) is 85.4 Å². The predicted octanol–water partition coefficient (Wildman–Crippen LogP) is 4.20. The molecular weight excluding hydrogens is 312 g/mol. The van der Waals surface area contributed by atoms with Gasteiger partial charge >= 0.3 is 0 Å². The Labute approximate surface area is 153 Å². The Bertz CT molecular complexity index is 517. The molecule has 4 fully saturated rings. The number of ketones is 1. The number of rotatable bonds is 2. The van der Waals surface area contributed by atoms with Crippen molar-refractivity contribution in [1.29, 1.82) is 0 Å². The molecule has 0 aromatic heterocycles. The molecule has 0 radical (unpaired) electrons. The van der Waals surface area contributed by atoms with E-state index in [9.17, 15) is 15.0 Å². The number of hydrogen-bond acceptors (Lipinski definition) is 3. The van der Waals surface area contributed by atoms with Crippen LogP contribution in [0.5, 0.6) is 0 Å². The quantitative estimate of drug-likeness (QED) is 0.784. The molecule has 3 nitrogen and oxygen atoms in total. The monoisotopic (exact) mass is 350 g/mol. The van der Waals surface area contributed by atoms with Crippen LogP contribution in [0.25, 0.3) is 0 Å². The van der Waals surface area contributed by atoms with E-state index in [-0.39, 0.29) is 18.9 Å². The van der Waals surface area contributed by atoms with Gasteiger partial charge in [-0.2, -0.15) is 0 Å². The van der Waals surface area contributed by atoms with Crippen LogP contribution < -0.4 is 0 Å². The Hall–Kier alpha value is -0.410. The molecule has 4 saturated carbocycles. The van der Waals surface area contributed by atoms with Crippen molar-refractivity contribution in [3.05, 3.63) is 0 Å². The minimum atomic E-state index is -0.225. The van der Waals surface area contributed by atoms with E-state index in [1.54, 1.807) is 0 Å². The molecule has 8 atom stereocenters. The first-order valence-corrected chi connectivity index (χ1v) is 10.2. The second-order valence-corrected chi connectivity index (χ2v) is 9.87. The van der Waals surface area contributed by atoms with Crippen molar-refractivity contribution >= 4 is 5.78 Å². The minimum absolute atomic E-state index is 0. The molecule has 0 saturated heterocycles. The van der Waals surface area contributed by atoms with E-state index in [2.05, 4.69) is 13.8 Å². The van der Waals surface area contributed by atoms with Crippen molar-refractivity contribution in [3.8, 4) is 0 Å². The molecule has 144 valence electrons. The van der Waals surface area contributed by atoms with Crippen LogP contribution in [0.4, 0.5) is 0 Å². The third-order valence-electron chi connectivity index (χ3n) is 9.17. The van der Waals surface area contributed by atoms with Crippen molar-refractivity contribution in [2.45, 2.75) is 85.2 Å². The summed E-state index contributed by atoms with van der Waals surface area (Å²) in [7, 11) is 0. The number of hydrogen-bond donors (Lipinski definition) is 2. The summed E-state index contributed by atoms with van der Waals surface area (Å²) in [6, 6.07) is 0. The Morgan fingerprint density at radius 3 is 2.52 bits per heavy atom. The smallest absolute Gasteiger partial charge is 0.133 e. The average molecular weight is 351 g/mol. The van der Waals surface area contributed by atoms with Crippen molar-refractivity contribution < 1.29 is 15.0 Å². The van der Waals surface area contributed by atoms with E-state index in [4.69, 9.17) is 0 Å². The number of aliphatic hydroxyl groups is 2. The summed E-state index contributed by atoms with van der Waals surface area (Å²) in [5.41, 5.74) is 0.562. The lowest BCUT2D eigenvalue weighted by Gasteiger charge is -2.61. The van der Waals surface area contributed by atoms with Crippen molar-refractivity contribution in [2.75, 3.05) is 6.61 Å². The Morgan fingerprint density at radius 2 is 1.80 bits per heavy atom. The summed E-state index contributed by atoms with van der Waals surface area (Å²) in [6.45, 7) is 5.16. The first kappa shape index (κ1) is 19.4. The summed E-state index contributed by atoms with van der Waals surface area (Å²) in [5.74, 6) is 3.05. The zero-order valence-electron chi connectivity index (χ0n) is 15.3. The van der Waals surface area contributed by atoms with Crippen LogP contribution in [0.15, 0.2) is 0 Å². The van der Waals surface area contributed by atoms with E-state index in [0.717, 1.165) is 25.7 Å². The maximum atomic E-state index is 12.0. The van der Waals surface area contributed by atoms with Gasteiger partial charge in [-0.3, -0.25) is 4.79 Å². The third kappa shape index (κ3) is 2.72. The van der Waals surface area contributed by atoms with Gasteiger partial charge in [-0.25, -0.2) is 0 Å². The summed E-state index contributed by atoms with van der Waals surface area (Å²) in [6.07, 6.45) is 8.91. The van der Waals surface area contributed by atoms with E-state index >= 15 is 0 Å². The molecule has 4 rings (SSSR count). The molecule has 25 heavy (non-hydrogen) atoms. The normalized spacial score (nSPS) is 51.9. The van der Waals surface area contributed by atoms with Crippen LogP contribution in [0.1, 0.15) is 79.1 Å². The first-order chi connectivity index (χ1) is 11.4. The van der Waals surface area contributed by atoms with Crippen LogP contribution in [-0.2, 0) is 4.79 Å². The van der Waals surface area contributed by atoms with Crippen LogP contribution in [0.2, 0.25) is 0 Å². The topological polar surface area (TPSA) is 57.5 Å². The Kier molecular flexibility index (Phi) is 5.14. The summed E-state index contributed by atoms with van der Waals surface area (Å²) < 4.78 is 0. The molecule has 0 aromatic rings. The zero-order chi connectivity index (χ0) is 17.1. The summed E-state index contributed by atoms with van der Waals surface area (Å²) in [4.78, 5) is 12.0. The lowest BCUT2D eigenvalue weighted by molar-refractivity contribution is -0.167. The van der Waals surface area contributed by atoms with Crippen LogP contribution in [0.3, 0.4) is 0 Å². The standard InChI is InChI=1S/C21H34O3.CH4/c1-20-9-6-17-19(16(20)4-3-13(20)7-10-22)18(24)12-14-11-15(23)5-8-21(14,17)2;/h13-14,16-19,22,24H,3-12H2,1-2H3;1H4. The number of fused-ring (bicyclic) bond motifs is 5. The zero-order valence-corrected chi connectivity index (χ0v) is 15.3. The highest BCUT2D eigenvalue weighted by molar-refractivity contribution is 5.79. The molecular formula is C22H38O3. The van der Waals surface area contributed by atoms with Gasteiger partial charge in [0.1, 0.15) is 5.78 Å². The van der Waals surface area contributed by atoms with Crippen LogP contribution in [0, 0.1) is 40.4 Å². The fourth-order valence-corrected chi connectivity index (χ4v) is 7.75. The molecule has 0 bridgehead atoms. The minimum Gasteiger partial charge on any atom is -0.396 e. The highest BCUT2D eigenvalue weighted by atomic mass is 16.3. The van der Waals surface area contributed by atoms with Crippen molar-refractivity contribution in [2.24, 2.45) is 40.4 Å². The first-order valence-electron chi connectivity index (χ1n) is 10.2. The van der Waals surface area contributed by atoms with Gasteiger partial charge in [0.05, 0.1) is 6.10 Å². The van der Waals surface area contributed by atoms with E-state index in [1.165, 1.54) is 25.7 Å². The molecule has 0 spiro atoms. The summed E-state index contributed by atoms with van der Waals surface area (Å²) >= 11 is 0. The molecule has 2 N–H and O–H groups in total. The van der Waals surface area contributed by atoms with Crippen LogP contribution in [-0.4, -0.2) is 28.7 Å². The van der Waals surface area contributed by atoms with Crippen molar-refractivity contribution in [1.82, 2.24) is 0 Å². The number of Topliss-reactive ketones (excluding diaryl/α,β-unsaturated/α-hetero) is 1. The lowest BCUT2D eigenvalue weighted by Crippen LogP contribution is -2.58. The fourth-order valence-electron chi connectivity index (χ4n) is 7.75. The number of carbonyl (C=O) groups is 1. The predicted molar refractivity (Wildman–Crippen MR) is 100 cm³/mol. The second kappa shape index (κ2) is 6.64. The van der Waals surface area contributed by atoms with Gasteiger partial charge in [0.2, 0.25) is 0 Å². The van der Waals surface area contributed by atoms with E-state index < -0.39 is 0 Å². The Morgan fingerprint density at radius 1 is 1.08 bits per heavy atom. The molecule has 0 heterocycles. The average Bonchev–Trinajstić information content (AvgIpc) is 2.87. The van der Waals surface area contributed by atoms with Crippen molar-refractivity contribution in [3.63, 3.8) is 0 Å². The maximum absolute atomic E-state index is 12.0. The molecule has 0 aromatic carbocycles. The number of carbonyl (C=O) groups excluding carboxylic acids is 1. The molecule has 3 heteroatoms. The van der Waals surface area contributed by atoms with Gasteiger partial charge in [-0.15, -0.1) is 0 Å². The fraction of sp³-hybridized carbons (Fsp3) is 0.955. The van der Waals surface area contributed by atoms with E-state index in [1.807, 2.05) is 0 Å². The van der Waals surface area contributed by atoms with Crippen LogP contribution >= 0.6 is 0 Å². The van der Waals surface area contributed by atoms with Gasteiger partial charge in [0.15, 0.2) is 0 Å². The maximum Gasteiger partial charge on any atom is 0.133 e.